The summed E-state index contributed by atoms with van der Waals surface area (Å²) in [7, 11) is 0.965. The second-order valence-electron chi connectivity index (χ2n) is 12.4. The quantitative estimate of drug-likeness (QED) is 0.100. The van der Waals surface area contributed by atoms with Crippen molar-refractivity contribution in [2.75, 3.05) is 13.7 Å². The maximum atomic E-state index is 12.8. The molecular weight excluding hydrogens is 742 g/mol. The Balaban J connectivity index is 2.03. The highest BCUT2D eigenvalue weighted by molar-refractivity contribution is 5.77. The van der Waals surface area contributed by atoms with E-state index in [4.69, 9.17) is 42.6 Å². The minimum absolute atomic E-state index is 0.114. The van der Waals surface area contributed by atoms with Crippen molar-refractivity contribution in [3.8, 4) is 11.5 Å². The van der Waals surface area contributed by atoms with Crippen molar-refractivity contribution in [1.82, 2.24) is 5.32 Å². The number of nitrogens with one attached hydrogen (secondary N) is 1. The molecule has 6 atom stereocenters. The Morgan fingerprint density at radius 1 is 0.836 bits per heavy atom. The molecule has 1 aliphatic heterocycles. The van der Waals surface area contributed by atoms with Crippen molar-refractivity contribution < 1.29 is 81.2 Å². The van der Waals surface area contributed by atoms with Gasteiger partial charge in [0.05, 0.1) is 23.5 Å². The molecule has 0 bridgehead atoms. The van der Waals surface area contributed by atoms with Gasteiger partial charge in [-0.05, 0) is 39.0 Å². The summed E-state index contributed by atoms with van der Waals surface area (Å²) in [5.74, 6) is -4.81. The number of rotatable bonds is 13. The number of hydrogen-bond acceptors (Lipinski definition) is 19. The SMILES string of the molecule is COC(=O)[C@@H]1O[C@@H](Oc2ccc(C(CNC(=O)OC(C)(C)C)OC(=O)Oc3ccc([N+](=O)[O-])cc3)cc2[N+](=O)[O-])C(OC(C)=O)[C@@H](OC(C)=O)[C@@H]1OC(C)=O. The van der Waals surface area contributed by atoms with Crippen LogP contribution in [-0.2, 0) is 52.3 Å². The van der Waals surface area contributed by atoms with Gasteiger partial charge in [-0.25, -0.2) is 14.4 Å². The van der Waals surface area contributed by atoms with Crippen molar-refractivity contribution in [3.63, 3.8) is 0 Å². The van der Waals surface area contributed by atoms with E-state index < -0.39 is 106 Å². The first kappa shape index (κ1) is 42.8. The van der Waals surface area contributed by atoms with Crippen LogP contribution in [0.4, 0.5) is 21.0 Å². The van der Waals surface area contributed by atoms with E-state index in [1.54, 1.807) is 20.8 Å². The predicted octanol–water partition coefficient (Wildman–Crippen LogP) is 3.36. The summed E-state index contributed by atoms with van der Waals surface area (Å²) in [6.07, 6.45) is -12.9. The zero-order chi connectivity index (χ0) is 41.2. The van der Waals surface area contributed by atoms with Crippen molar-refractivity contribution in [3.05, 3.63) is 68.3 Å². The molecule has 1 N–H and O–H groups in total. The van der Waals surface area contributed by atoms with Gasteiger partial charge in [0, 0.05) is 44.5 Å². The third-order valence-corrected chi connectivity index (χ3v) is 6.95. The highest BCUT2D eigenvalue weighted by Crippen LogP contribution is 2.36. The second-order valence-corrected chi connectivity index (χ2v) is 12.4. The molecule has 22 nitrogen and oxygen atoms in total. The van der Waals surface area contributed by atoms with Crippen LogP contribution >= 0.6 is 0 Å². The number of nitrogens with zero attached hydrogens (tertiary/aromatic N) is 2. The lowest BCUT2D eigenvalue weighted by atomic mass is 9.97. The Labute approximate surface area is 311 Å². The highest BCUT2D eigenvalue weighted by Gasteiger charge is 2.56. The zero-order valence-electron chi connectivity index (χ0n) is 30.4. The molecular formula is C33H37N3O19. The van der Waals surface area contributed by atoms with Gasteiger partial charge in [-0.15, -0.1) is 0 Å². The van der Waals surface area contributed by atoms with Gasteiger partial charge in [0.15, 0.2) is 24.1 Å². The second kappa shape index (κ2) is 18.4. The number of carbonyl (C=O) groups is 6. The average Bonchev–Trinajstić information content (AvgIpc) is 3.07. The Bertz CT molecular complexity index is 1790. The molecule has 1 amide bonds. The first-order chi connectivity index (χ1) is 25.7. The number of non-ortho nitro benzene ring substituents is 1. The summed E-state index contributed by atoms with van der Waals surface area (Å²) in [6.45, 7) is 7.15. The van der Waals surface area contributed by atoms with E-state index in [1.165, 1.54) is 6.07 Å². The molecule has 55 heavy (non-hydrogen) atoms. The first-order valence-corrected chi connectivity index (χ1v) is 16.0. The van der Waals surface area contributed by atoms with Gasteiger partial charge >= 0.3 is 41.8 Å². The van der Waals surface area contributed by atoms with E-state index in [0.717, 1.165) is 64.3 Å². The molecule has 2 aromatic carbocycles. The minimum atomic E-state index is -1.95. The van der Waals surface area contributed by atoms with Crippen molar-refractivity contribution in [2.24, 2.45) is 0 Å². The maximum absolute atomic E-state index is 12.8. The topological polar surface area (TPSA) is 284 Å². The molecule has 0 spiro atoms. The number of carbonyl (C=O) groups excluding carboxylic acids is 6. The zero-order valence-corrected chi connectivity index (χ0v) is 30.4. The monoisotopic (exact) mass is 779 g/mol. The molecule has 1 heterocycles. The van der Waals surface area contributed by atoms with E-state index in [-0.39, 0.29) is 17.0 Å². The molecule has 0 aliphatic carbocycles. The third kappa shape index (κ3) is 12.5. The summed E-state index contributed by atoms with van der Waals surface area (Å²) in [6, 6.07) is 7.44. The minimum Gasteiger partial charge on any atom is -0.467 e. The molecule has 2 unspecified atom stereocenters. The van der Waals surface area contributed by atoms with Crippen LogP contribution in [0.5, 0.6) is 11.5 Å². The number of ether oxygens (including phenoxy) is 9. The fraction of sp³-hybridized carbons (Fsp3) is 0.455. The van der Waals surface area contributed by atoms with E-state index in [9.17, 15) is 49.0 Å². The van der Waals surface area contributed by atoms with Crippen LogP contribution in [-0.4, -0.2) is 95.9 Å². The van der Waals surface area contributed by atoms with Gasteiger partial charge in [0.1, 0.15) is 17.5 Å². The number of amides is 1. The summed E-state index contributed by atoms with van der Waals surface area (Å²) in [5, 5.41) is 25.7. The summed E-state index contributed by atoms with van der Waals surface area (Å²) >= 11 is 0. The van der Waals surface area contributed by atoms with E-state index in [0.29, 0.717) is 0 Å². The van der Waals surface area contributed by atoms with Crippen molar-refractivity contribution >= 4 is 47.5 Å². The number of methoxy groups -OCH3 is 1. The predicted molar refractivity (Wildman–Crippen MR) is 178 cm³/mol. The smallest absolute Gasteiger partial charge is 0.467 e. The molecule has 298 valence electrons. The number of hydrogen-bond donors (Lipinski definition) is 1. The Hall–Kier alpha value is -6.58. The van der Waals surface area contributed by atoms with Crippen LogP contribution in [0.3, 0.4) is 0 Å². The summed E-state index contributed by atoms with van der Waals surface area (Å²) in [4.78, 5) is 96.1. The number of esters is 4. The lowest BCUT2D eigenvalue weighted by molar-refractivity contribution is -0.387. The van der Waals surface area contributed by atoms with Crippen LogP contribution in [0.1, 0.15) is 53.2 Å². The van der Waals surface area contributed by atoms with Gasteiger partial charge < -0.3 is 47.9 Å². The van der Waals surface area contributed by atoms with Gasteiger partial charge in [0.25, 0.3) is 5.69 Å². The van der Waals surface area contributed by atoms with Gasteiger partial charge in [0.2, 0.25) is 12.4 Å². The van der Waals surface area contributed by atoms with Gasteiger partial charge in [-0.3, -0.25) is 34.6 Å². The number of alkyl carbamates (subject to hydrolysis) is 1. The van der Waals surface area contributed by atoms with Gasteiger partial charge in [-0.1, -0.05) is 6.07 Å². The number of benzene rings is 2. The Morgan fingerprint density at radius 2 is 1.42 bits per heavy atom. The molecule has 3 rings (SSSR count). The lowest BCUT2D eigenvalue weighted by Gasteiger charge is -2.43. The fourth-order valence-corrected chi connectivity index (χ4v) is 4.87. The van der Waals surface area contributed by atoms with Crippen LogP contribution in [0.15, 0.2) is 42.5 Å². The summed E-state index contributed by atoms with van der Waals surface area (Å²) in [5.41, 5.74) is -2.16. The molecule has 0 saturated carbocycles. The van der Waals surface area contributed by atoms with E-state index in [2.05, 4.69) is 5.32 Å². The lowest BCUT2D eigenvalue weighted by Crippen LogP contribution is -2.64. The van der Waals surface area contributed by atoms with Gasteiger partial charge in [-0.2, -0.15) is 0 Å². The third-order valence-electron chi connectivity index (χ3n) is 6.95. The fourth-order valence-electron chi connectivity index (χ4n) is 4.87. The van der Waals surface area contributed by atoms with E-state index in [1.807, 2.05) is 0 Å². The molecule has 1 saturated heterocycles. The highest BCUT2D eigenvalue weighted by atomic mass is 16.7. The standard InChI is InChI=1S/C33H37N3O19/c1-16(37)48-25-26(49-17(2)38)28(50-18(3)39)30(54-27(25)29(40)47-7)52-23-13-8-19(14-22(23)36(45)46)24(15-34-31(41)55-33(4,5)6)53-32(42)51-21-11-9-20(10-12-21)35(43)44/h8-14,24-28,30H,15H2,1-7H3,(H,34,41)/t24?,25-,26-,27+,28?,30+/m0/s1. The van der Waals surface area contributed by atoms with Crippen LogP contribution < -0.4 is 14.8 Å². The Kier molecular flexibility index (Phi) is 14.4. The molecule has 22 heteroatoms. The first-order valence-electron chi connectivity index (χ1n) is 16.0. The van der Waals surface area contributed by atoms with Crippen LogP contribution in [0, 0.1) is 20.2 Å². The molecule has 2 aromatic rings. The largest absolute Gasteiger partial charge is 0.514 e. The van der Waals surface area contributed by atoms with Crippen molar-refractivity contribution in [2.45, 2.75) is 84.0 Å². The number of nitro benzene ring substituents is 2. The molecule has 0 aromatic heterocycles. The molecule has 1 aliphatic rings. The molecule has 1 fully saturated rings. The molecule has 0 radical (unpaired) electrons. The Morgan fingerprint density at radius 3 is 1.95 bits per heavy atom. The average molecular weight is 780 g/mol. The van der Waals surface area contributed by atoms with E-state index >= 15 is 0 Å². The number of nitro groups is 2. The maximum Gasteiger partial charge on any atom is 0.514 e. The van der Waals surface area contributed by atoms with Crippen LogP contribution in [0.2, 0.25) is 0 Å². The normalized spacial score (nSPS) is 19.7. The van der Waals surface area contributed by atoms with Crippen molar-refractivity contribution in [1.29, 1.82) is 0 Å². The van der Waals surface area contributed by atoms with Crippen LogP contribution in [0.25, 0.3) is 0 Å². The summed E-state index contributed by atoms with van der Waals surface area (Å²) < 4.78 is 47.6.